The van der Waals surface area contributed by atoms with E-state index in [4.69, 9.17) is 25.9 Å². The number of rotatable bonds is 5. The van der Waals surface area contributed by atoms with Crippen LogP contribution < -0.4 is 0 Å². The molecular weight excluding hydrogens is 332 g/mol. The molecule has 1 aromatic carbocycles. The molecule has 0 radical (unpaired) electrons. The maximum Gasteiger partial charge on any atom is 0.266 e. The van der Waals surface area contributed by atoms with E-state index >= 15 is 0 Å². The average molecular weight is 353 g/mol. The Morgan fingerprint density at radius 2 is 2.29 bits per heavy atom. The third-order valence-electron chi connectivity index (χ3n) is 4.04. The molecule has 0 bridgehead atoms. The Balaban J connectivity index is 1.49. The number of carbonyl (C=O) groups is 1. The van der Waals surface area contributed by atoms with E-state index < -0.39 is 6.10 Å². The molecule has 3 rings (SSSR count). The van der Waals surface area contributed by atoms with Crippen LogP contribution in [0.3, 0.4) is 0 Å². The fourth-order valence-electron chi connectivity index (χ4n) is 2.83. The van der Waals surface area contributed by atoms with Crippen LogP contribution in [0.2, 0.25) is 5.02 Å². The number of hydrogen-bond donors (Lipinski definition) is 0. The second-order valence-corrected chi connectivity index (χ2v) is 6.49. The van der Waals surface area contributed by atoms with Crippen LogP contribution in [-0.2, 0) is 25.5 Å². The van der Waals surface area contributed by atoms with Crippen molar-refractivity contribution >= 4 is 23.2 Å². The molecule has 24 heavy (non-hydrogen) atoms. The fraction of sp³-hybridized carbons (Fsp3) is 0.529. The lowest BCUT2D eigenvalue weighted by Crippen LogP contribution is -2.44. The van der Waals surface area contributed by atoms with E-state index in [0.717, 1.165) is 11.3 Å². The number of hydrogen-bond acceptors (Lipinski definition) is 5. The Morgan fingerprint density at radius 1 is 1.42 bits per heavy atom. The highest BCUT2D eigenvalue weighted by Crippen LogP contribution is 2.18. The van der Waals surface area contributed by atoms with Crippen molar-refractivity contribution < 1.29 is 19.1 Å². The maximum atomic E-state index is 12.5. The molecular formula is C17H21ClN2O4. The first kappa shape index (κ1) is 17.2. The zero-order chi connectivity index (χ0) is 16.9. The molecule has 0 aliphatic carbocycles. The summed E-state index contributed by atoms with van der Waals surface area (Å²) in [7, 11) is 1.75. The molecule has 2 heterocycles. The van der Waals surface area contributed by atoms with Gasteiger partial charge in [-0.25, -0.2) is 0 Å². The highest BCUT2D eigenvalue weighted by atomic mass is 35.5. The molecule has 1 aromatic rings. The summed E-state index contributed by atoms with van der Waals surface area (Å²) in [5.41, 5.74) is 1.90. The molecule has 130 valence electrons. The standard InChI is InChI=1S/C17H21ClN2O4/c1-20(10-15-11-22-5-6-23-15)17(21)16-9-14(19-24-16)8-12-3-2-4-13(18)7-12/h2-4,7,15-16H,5-6,8-11H2,1H3. The lowest BCUT2D eigenvalue weighted by molar-refractivity contribution is -0.146. The molecule has 2 unspecified atom stereocenters. The Morgan fingerprint density at radius 3 is 3.04 bits per heavy atom. The first-order chi connectivity index (χ1) is 11.6. The van der Waals surface area contributed by atoms with Gasteiger partial charge in [0.05, 0.1) is 31.6 Å². The minimum Gasteiger partial charge on any atom is -0.382 e. The Bertz CT molecular complexity index is 616. The van der Waals surface area contributed by atoms with Gasteiger partial charge in [-0.15, -0.1) is 0 Å². The first-order valence-electron chi connectivity index (χ1n) is 8.02. The van der Waals surface area contributed by atoms with Gasteiger partial charge in [0.2, 0.25) is 6.10 Å². The summed E-state index contributed by atoms with van der Waals surface area (Å²) in [6.45, 7) is 2.18. The fourth-order valence-corrected chi connectivity index (χ4v) is 3.04. The zero-order valence-corrected chi connectivity index (χ0v) is 14.4. The molecule has 7 heteroatoms. The summed E-state index contributed by atoms with van der Waals surface area (Å²) in [4.78, 5) is 19.4. The average Bonchev–Trinajstić information content (AvgIpc) is 3.03. The number of benzene rings is 1. The van der Waals surface area contributed by atoms with Crippen LogP contribution in [-0.4, -0.2) is 62.1 Å². The quantitative estimate of drug-likeness (QED) is 0.812. The van der Waals surface area contributed by atoms with Gasteiger partial charge in [0.15, 0.2) is 0 Å². The van der Waals surface area contributed by atoms with Crippen LogP contribution in [0.15, 0.2) is 29.4 Å². The maximum absolute atomic E-state index is 12.5. The molecule has 1 saturated heterocycles. The summed E-state index contributed by atoms with van der Waals surface area (Å²) in [5, 5.41) is 4.75. The summed E-state index contributed by atoms with van der Waals surface area (Å²) in [6.07, 6.45) is 0.486. The molecule has 0 spiro atoms. The van der Waals surface area contributed by atoms with E-state index in [-0.39, 0.29) is 12.0 Å². The molecule has 0 aromatic heterocycles. The summed E-state index contributed by atoms with van der Waals surface area (Å²) >= 11 is 5.99. The van der Waals surface area contributed by atoms with Gasteiger partial charge in [-0.05, 0) is 17.7 Å². The minimum atomic E-state index is -0.561. The molecule has 2 atom stereocenters. The summed E-state index contributed by atoms with van der Waals surface area (Å²) in [5.74, 6) is -0.0889. The predicted molar refractivity (Wildman–Crippen MR) is 90.3 cm³/mol. The molecule has 2 aliphatic rings. The Labute approximate surface area is 146 Å². The predicted octanol–water partition coefficient (Wildman–Crippen LogP) is 1.90. The van der Waals surface area contributed by atoms with Crippen molar-refractivity contribution in [3.05, 3.63) is 34.9 Å². The number of likely N-dealkylation sites (N-methyl/N-ethyl adjacent to an activating group) is 1. The van der Waals surface area contributed by atoms with E-state index in [2.05, 4.69) is 5.16 Å². The number of halogens is 1. The van der Waals surface area contributed by atoms with Crippen molar-refractivity contribution in [1.29, 1.82) is 0 Å². The normalized spacial score (nSPS) is 23.5. The summed E-state index contributed by atoms with van der Waals surface area (Å²) < 4.78 is 10.9. The van der Waals surface area contributed by atoms with Crippen LogP contribution in [0.5, 0.6) is 0 Å². The molecule has 1 amide bonds. The largest absolute Gasteiger partial charge is 0.382 e. The monoisotopic (exact) mass is 352 g/mol. The van der Waals surface area contributed by atoms with Gasteiger partial charge in [0, 0.05) is 31.5 Å². The van der Waals surface area contributed by atoms with Crippen molar-refractivity contribution in [2.75, 3.05) is 33.4 Å². The number of amides is 1. The molecule has 1 fully saturated rings. The highest BCUT2D eigenvalue weighted by molar-refractivity contribution is 6.30. The third-order valence-corrected chi connectivity index (χ3v) is 4.28. The third kappa shape index (κ3) is 4.47. The van der Waals surface area contributed by atoms with Crippen LogP contribution in [0.4, 0.5) is 0 Å². The molecule has 0 saturated carbocycles. The number of nitrogens with zero attached hydrogens (tertiary/aromatic N) is 2. The molecule has 0 N–H and O–H groups in total. The highest BCUT2D eigenvalue weighted by Gasteiger charge is 2.31. The van der Waals surface area contributed by atoms with Gasteiger partial charge < -0.3 is 19.2 Å². The van der Waals surface area contributed by atoms with Gasteiger partial charge in [-0.2, -0.15) is 0 Å². The van der Waals surface area contributed by atoms with E-state index in [0.29, 0.717) is 44.2 Å². The lowest BCUT2D eigenvalue weighted by atomic mass is 10.0. The van der Waals surface area contributed by atoms with Gasteiger partial charge in [0.1, 0.15) is 0 Å². The second kappa shape index (κ2) is 7.96. The second-order valence-electron chi connectivity index (χ2n) is 6.05. The molecule has 2 aliphatic heterocycles. The summed E-state index contributed by atoms with van der Waals surface area (Å²) in [6, 6.07) is 7.61. The minimum absolute atomic E-state index is 0.0825. The van der Waals surface area contributed by atoms with Crippen molar-refractivity contribution in [2.24, 2.45) is 5.16 Å². The SMILES string of the molecule is CN(CC1COCCO1)C(=O)C1CC(Cc2cccc(Cl)c2)=NO1. The first-order valence-corrected chi connectivity index (χ1v) is 8.40. The Kier molecular flexibility index (Phi) is 5.71. The van der Waals surface area contributed by atoms with Crippen LogP contribution in [0.1, 0.15) is 12.0 Å². The Hall–Kier alpha value is -1.63. The smallest absolute Gasteiger partial charge is 0.266 e. The molecule has 6 nitrogen and oxygen atoms in total. The van der Waals surface area contributed by atoms with Gasteiger partial charge in [0.25, 0.3) is 5.91 Å². The van der Waals surface area contributed by atoms with Gasteiger partial charge in [-0.1, -0.05) is 28.9 Å². The van der Waals surface area contributed by atoms with Gasteiger partial charge in [-0.3, -0.25) is 4.79 Å². The zero-order valence-electron chi connectivity index (χ0n) is 13.6. The topological polar surface area (TPSA) is 60.4 Å². The van der Waals surface area contributed by atoms with E-state index in [9.17, 15) is 4.79 Å². The van der Waals surface area contributed by atoms with Crippen molar-refractivity contribution in [3.8, 4) is 0 Å². The number of ether oxygens (including phenoxy) is 2. The van der Waals surface area contributed by atoms with Crippen LogP contribution in [0.25, 0.3) is 0 Å². The van der Waals surface area contributed by atoms with E-state index in [1.54, 1.807) is 11.9 Å². The van der Waals surface area contributed by atoms with Crippen LogP contribution in [0, 0.1) is 0 Å². The lowest BCUT2D eigenvalue weighted by Gasteiger charge is -2.28. The van der Waals surface area contributed by atoms with Crippen molar-refractivity contribution in [1.82, 2.24) is 4.90 Å². The number of carbonyl (C=O) groups excluding carboxylic acids is 1. The van der Waals surface area contributed by atoms with E-state index in [1.807, 2.05) is 24.3 Å². The van der Waals surface area contributed by atoms with Crippen LogP contribution >= 0.6 is 11.6 Å². The van der Waals surface area contributed by atoms with Crippen molar-refractivity contribution in [3.63, 3.8) is 0 Å². The number of oxime groups is 1. The van der Waals surface area contributed by atoms with E-state index in [1.165, 1.54) is 0 Å². The van der Waals surface area contributed by atoms with Crippen molar-refractivity contribution in [2.45, 2.75) is 25.0 Å². The van der Waals surface area contributed by atoms with Gasteiger partial charge >= 0.3 is 0 Å².